The second kappa shape index (κ2) is 4.06. The molecule has 1 unspecified atom stereocenters. The zero-order valence-corrected chi connectivity index (χ0v) is 9.08. The summed E-state index contributed by atoms with van der Waals surface area (Å²) in [6, 6.07) is 4.18. The number of furan rings is 1. The Balaban J connectivity index is 2.52. The molecule has 1 aromatic heterocycles. The Labute approximate surface area is 92.2 Å². The van der Waals surface area contributed by atoms with Crippen LogP contribution < -0.4 is 5.32 Å². The molecule has 0 aliphatic heterocycles. The van der Waals surface area contributed by atoms with E-state index >= 15 is 0 Å². The Hall–Kier alpha value is -1.68. The second-order valence-electron chi connectivity index (χ2n) is 3.63. The Morgan fingerprint density at radius 2 is 2.19 bits per heavy atom. The number of fused-ring (bicyclic) bond motifs is 1. The molecule has 0 saturated heterocycles. The van der Waals surface area contributed by atoms with Crippen LogP contribution in [-0.2, 0) is 0 Å². The first-order valence-corrected chi connectivity index (χ1v) is 5.02. The lowest BCUT2D eigenvalue weighted by molar-refractivity contribution is 0.0951. The number of nitrogens with one attached hydrogen (secondary N) is 1. The van der Waals surface area contributed by atoms with Crippen molar-refractivity contribution in [3.05, 3.63) is 35.8 Å². The molecule has 2 rings (SSSR count). The predicted molar refractivity (Wildman–Crippen MR) is 59.0 cm³/mol. The lowest BCUT2D eigenvalue weighted by Crippen LogP contribution is -2.31. The van der Waals surface area contributed by atoms with Gasteiger partial charge in [-0.1, -0.05) is 0 Å². The number of benzene rings is 1. The highest BCUT2D eigenvalue weighted by Gasteiger charge is 2.19. The number of likely N-dealkylation sites (N-methyl/N-ethyl adjacent to an activating group) is 1. The van der Waals surface area contributed by atoms with Gasteiger partial charge in [0.15, 0.2) is 5.78 Å². The van der Waals surface area contributed by atoms with E-state index in [0.29, 0.717) is 11.0 Å². The molecule has 0 saturated carbocycles. The normalized spacial score (nSPS) is 12.9. The van der Waals surface area contributed by atoms with Gasteiger partial charge in [-0.25, -0.2) is 4.39 Å². The topological polar surface area (TPSA) is 42.2 Å². The number of Topliss-reactive ketones (excluding diaryl/α,β-unsaturated/α-hetero) is 1. The number of rotatable bonds is 3. The average molecular weight is 221 g/mol. The lowest BCUT2D eigenvalue weighted by atomic mass is 10.0. The molecule has 2 aromatic rings. The summed E-state index contributed by atoms with van der Waals surface area (Å²) < 4.78 is 19.0. The first kappa shape index (κ1) is 10.8. The van der Waals surface area contributed by atoms with Crippen LogP contribution in [0.5, 0.6) is 0 Å². The van der Waals surface area contributed by atoms with Crippen LogP contribution in [0.4, 0.5) is 4.39 Å². The van der Waals surface area contributed by atoms with Gasteiger partial charge in [0.05, 0.1) is 23.3 Å². The summed E-state index contributed by atoms with van der Waals surface area (Å²) in [4.78, 5) is 11.8. The minimum Gasteiger partial charge on any atom is -0.464 e. The average Bonchev–Trinajstić information content (AvgIpc) is 2.76. The fourth-order valence-corrected chi connectivity index (χ4v) is 1.56. The van der Waals surface area contributed by atoms with Crippen molar-refractivity contribution >= 4 is 16.8 Å². The minimum absolute atomic E-state index is 0.0933. The number of ketones is 1. The number of carbonyl (C=O) groups is 1. The largest absolute Gasteiger partial charge is 0.464 e. The highest BCUT2D eigenvalue weighted by atomic mass is 19.1. The van der Waals surface area contributed by atoms with E-state index in [9.17, 15) is 9.18 Å². The van der Waals surface area contributed by atoms with Crippen LogP contribution >= 0.6 is 0 Å². The van der Waals surface area contributed by atoms with Gasteiger partial charge in [-0.05, 0) is 32.2 Å². The third-order valence-corrected chi connectivity index (χ3v) is 2.66. The minimum atomic E-state index is -0.515. The molecule has 1 heterocycles. The highest BCUT2D eigenvalue weighted by molar-refractivity contribution is 6.02. The summed E-state index contributed by atoms with van der Waals surface area (Å²) in [5.74, 6) is -0.776. The molecule has 4 heteroatoms. The molecule has 3 nitrogen and oxygen atoms in total. The van der Waals surface area contributed by atoms with Crippen molar-refractivity contribution in [2.24, 2.45) is 0 Å². The summed E-state index contributed by atoms with van der Waals surface area (Å²) in [6.45, 7) is 1.70. The molecule has 1 N–H and O–H groups in total. The molecule has 16 heavy (non-hydrogen) atoms. The van der Waals surface area contributed by atoms with E-state index in [4.69, 9.17) is 4.42 Å². The van der Waals surface area contributed by atoms with Gasteiger partial charge in [-0.15, -0.1) is 0 Å². The molecule has 0 aliphatic carbocycles. The fraction of sp³-hybridized carbons (Fsp3) is 0.250. The maximum Gasteiger partial charge on any atom is 0.182 e. The maximum atomic E-state index is 13.9. The molecular weight excluding hydrogens is 209 g/mol. The van der Waals surface area contributed by atoms with Gasteiger partial charge >= 0.3 is 0 Å². The molecule has 0 radical (unpaired) electrons. The smallest absolute Gasteiger partial charge is 0.182 e. The molecule has 0 spiro atoms. The fourth-order valence-electron chi connectivity index (χ4n) is 1.56. The Morgan fingerprint density at radius 3 is 2.88 bits per heavy atom. The Morgan fingerprint density at radius 1 is 1.44 bits per heavy atom. The summed E-state index contributed by atoms with van der Waals surface area (Å²) >= 11 is 0. The van der Waals surface area contributed by atoms with Gasteiger partial charge in [0, 0.05) is 0 Å². The van der Waals surface area contributed by atoms with E-state index in [1.54, 1.807) is 20.0 Å². The first-order valence-electron chi connectivity index (χ1n) is 5.02. The third-order valence-electron chi connectivity index (χ3n) is 2.66. The SMILES string of the molecule is CNC(C)C(=O)c1ccc2occc2c1F. The van der Waals surface area contributed by atoms with Crippen LogP contribution in [0.25, 0.3) is 11.0 Å². The van der Waals surface area contributed by atoms with Crippen molar-refractivity contribution < 1.29 is 13.6 Å². The van der Waals surface area contributed by atoms with Crippen LogP contribution in [0.3, 0.4) is 0 Å². The van der Waals surface area contributed by atoms with Crippen molar-refractivity contribution in [3.8, 4) is 0 Å². The van der Waals surface area contributed by atoms with Gasteiger partial charge in [0.2, 0.25) is 0 Å². The molecule has 1 atom stereocenters. The standard InChI is InChI=1S/C12H12FNO2/c1-7(14-2)12(15)9-3-4-10-8(11(9)13)5-6-16-10/h3-7,14H,1-2H3. The number of hydrogen-bond donors (Lipinski definition) is 1. The summed E-state index contributed by atoms with van der Waals surface area (Å²) in [7, 11) is 1.66. The third kappa shape index (κ3) is 1.61. The number of hydrogen-bond acceptors (Lipinski definition) is 3. The first-order chi connectivity index (χ1) is 7.65. The predicted octanol–water partition coefficient (Wildman–Crippen LogP) is 2.36. The number of halogens is 1. The molecule has 0 aliphatic rings. The van der Waals surface area contributed by atoms with Crippen LogP contribution in [0.15, 0.2) is 28.9 Å². The Bertz CT molecular complexity index is 533. The van der Waals surface area contributed by atoms with Gasteiger partial charge in [0.1, 0.15) is 11.4 Å². The Kier molecular flexibility index (Phi) is 2.75. The zero-order chi connectivity index (χ0) is 11.7. The van der Waals surface area contributed by atoms with Crippen molar-refractivity contribution in [3.63, 3.8) is 0 Å². The molecule has 0 amide bonds. The van der Waals surface area contributed by atoms with Crippen LogP contribution in [0.1, 0.15) is 17.3 Å². The summed E-state index contributed by atoms with van der Waals surface area (Å²) in [5.41, 5.74) is 0.543. The monoisotopic (exact) mass is 221 g/mol. The molecule has 0 fully saturated rings. The van der Waals surface area contributed by atoms with Crippen LogP contribution in [0.2, 0.25) is 0 Å². The molecule has 1 aromatic carbocycles. The van der Waals surface area contributed by atoms with Crippen molar-refractivity contribution in [1.82, 2.24) is 5.32 Å². The second-order valence-corrected chi connectivity index (χ2v) is 3.63. The number of carbonyl (C=O) groups excluding carboxylic acids is 1. The van der Waals surface area contributed by atoms with E-state index in [0.717, 1.165) is 0 Å². The van der Waals surface area contributed by atoms with E-state index < -0.39 is 11.9 Å². The zero-order valence-electron chi connectivity index (χ0n) is 9.08. The van der Waals surface area contributed by atoms with Crippen molar-refractivity contribution in [2.45, 2.75) is 13.0 Å². The van der Waals surface area contributed by atoms with Crippen molar-refractivity contribution in [1.29, 1.82) is 0 Å². The van der Waals surface area contributed by atoms with E-state index in [1.807, 2.05) is 0 Å². The van der Waals surface area contributed by atoms with Crippen LogP contribution in [-0.4, -0.2) is 18.9 Å². The molecule has 84 valence electrons. The summed E-state index contributed by atoms with van der Waals surface area (Å²) in [6.07, 6.45) is 1.41. The summed E-state index contributed by atoms with van der Waals surface area (Å²) in [5, 5.41) is 3.13. The lowest BCUT2D eigenvalue weighted by Gasteiger charge is -2.09. The van der Waals surface area contributed by atoms with Gasteiger partial charge in [0.25, 0.3) is 0 Å². The van der Waals surface area contributed by atoms with Gasteiger partial charge in [-0.3, -0.25) is 4.79 Å². The van der Waals surface area contributed by atoms with Crippen LogP contribution in [0, 0.1) is 5.82 Å². The van der Waals surface area contributed by atoms with E-state index in [-0.39, 0.29) is 11.3 Å². The van der Waals surface area contributed by atoms with Gasteiger partial charge in [-0.2, -0.15) is 0 Å². The van der Waals surface area contributed by atoms with E-state index in [1.165, 1.54) is 18.4 Å². The van der Waals surface area contributed by atoms with Crippen molar-refractivity contribution in [2.75, 3.05) is 7.05 Å². The molecule has 0 bridgehead atoms. The quantitative estimate of drug-likeness (QED) is 0.809. The maximum absolute atomic E-state index is 13.9. The van der Waals surface area contributed by atoms with E-state index in [2.05, 4.69) is 5.32 Å². The highest BCUT2D eigenvalue weighted by Crippen LogP contribution is 2.22. The molecular formula is C12H12FNO2. The van der Waals surface area contributed by atoms with Gasteiger partial charge < -0.3 is 9.73 Å².